The Morgan fingerprint density at radius 2 is 1.63 bits per heavy atom. The van der Waals surface area contributed by atoms with Gasteiger partial charge in [-0.05, 0) is 36.8 Å². The second-order valence-electron chi connectivity index (χ2n) is 4.35. The lowest BCUT2D eigenvalue weighted by Gasteiger charge is -2.15. The number of hydrogen-bond acceptors (Lipinski definition) is 1. The topological polar surface area (TPSA) is 12.0 Å². The van der Waals surface area contributed by atoms with Gasteiger partial charge < -0.3 is 5.32 Å². The van der Waals surface area contributed by atoms with E-state index in [1.165, 1.54) is 18.2 Å². The van der Waals surface area contributed by atoms with Gasteiger partial charge in [0.2, 0.25) is 0 Å². The van der Waals surface area contributed by atoms with E-state index in [2.05, 4.69) is 21.2 Å². The quantitative estimate of drug-likeness (QED) is 0.867. The maximum atomic E-state index is 13.5. The van der Waals surface area contributed by atoms with Crippen molar-refractivity contribution in [1.29, 1.82) is 0 Å². The lowest BCUT2D eigenvalue weighted by molar-refractivity contribution is 0.509. The molecular formula is C15H14BrF2N. The van der Waals surface area contributed by atoms with Gasteiger partial charge in [0.25, 0.3) is 0 Å². The molecule has 0 amide bonds. The minimum atomic E-state index is -0.518. The maximum absolute atomic E-state index is 13.5. The zero-order chi connectivity index (χ0) is 13.8. The van der Waals surface area contributed by atoms with Gasteiger partial charge in [0, 0.05) is 22.6 Å². The SMILES string of the molecule is CC(NCc1c(F)cccc1F)c1ccc(Br)cc1. The van der Waals surface area contributed by atoms with Crippen molar-refractivity contribution in [3.8, 4) is 0 Å². The molecule has 0 bridgehead atoms. The zero-order valence-electron chi connectivity index (χ0n) is 10.5. The first-order valence-corrected chi connectivity index (χ1v) is 6.79. The van der Waals surface area contributed by atoms with Crippen LogP contribution >= 0.6 is 15.9 Å². The molecule has 0 spiro atoms. The van der Waals surface area contributed by atoms with E-state index in [0.29, 0.717) is 0 Å². The normalized spacial score (nSPS) is 12.4. The molecule has 0 saturated carbocycles. The Hall–Kier alpha value is -1.26. The molecule has 2 rings (SSSR count). The number of nitrogens with one attached hydrogen (secondary N) is 1. The van der Waals surface area contributed by atoms with E-state index >= 15 is 0 Å². The van der Waals surface area contributed by atoms with Crippen molar-refractivity contribution in [2.45, 2.75) is 19.5 Å². The average Bonchev–Trinajstić information content (AvgIpc) is 2.38. The van der Waals surface area contributed by atoms with Crippen molar-refractivity contribution < 1.29 is 8.78 Å². The predicted octanol–water partition coefficient (Wildman–Crippen LogP) is 4.58. The largest absolute Gasteiger partial charge is 0.306 e. The first kappa shape index (κ1) is 14.2. The monoisotopic (exact) mass is 325 g/mol. The molecule has 19 heavy (non-hydrogen) atoms. The Morgan fingerprint density at radius 3 is 2.21 bits per heavy atom. The van der Waals surface area contributed by atoms with Crippen molar-refractivity contribution in [3.63, 3.8) is 0 Å². The fourth-order valence-corrected chi connectivity index (χ4v) is 2.09. The lowest BCUT2D eigenvalue weighted by Crippen LogP contribution is -2.19. The molecule has 0 saturated heterocycles. The highest BCUT2D eigenvalue weighted by atomic mass is 79.9. The first-order valence-electron chi connectivity index (χ1n) is 5.99. The Morgan fingerprint density at radius 1 is 1.05 bits per heavy atom. The molecule has 0 fully saturated rings. The minimum absolute atomic E-state index is 0.0205. The van der Waals surface area contributed by atoms with E-state index < -0.39 is 11.6 Å². The van der Waals surface area contributed by atoms with Gasteiger partial charge in [0.15, 0.2) is 0 Å². The highest BCUT2D eigenvalue weighted by molar-refractivity contribution is 9.10. The third-order valence-electron chi connectivity index (χ3n) is 3.02. The van der Waals surface area contributed by atoms with E-state index in [-0.39, 0.29) is 18.2 Å². The number of rotatable bonds is 4. The van der Waals surface area contributed by atoms with Gasteiger partial charge in [-0.15, -0.1) is 0 Å². The van der Waals surface area contributed by atoms with E-state index in [1.54, 1.807) is 0 Å². The molecular weight excluding hydrogens is 312 g/mol. The summed E-state index contributed by atoms with van der Waals surface area (Å²) in [6.45, 7) is 2.12. The van der Waals surface area contributed by atoms with E-state index in [4.69, 9.17) is 0 Å². The standard InChI is InChI=1S/C15H14BrF2N/c1-10(11-5-7-12(16)8-6-11)19-9-13-14(17)3-2-4-15(13)18/h2-8,10,19H,9H2,1H3. The molecule has 0 aromatic heterocycles. The van der Waals surface area contributed by atoms with Gasteiger partial charge in [-0.25, -0.2) is 8.78 Å². The average molecular weight is 326 g/mol. The van der Waals surface area contributed by atoms with Crippen LogP contribution in [-0.4, -0.2) is 0 Å². The second-order valence-corrected chi connectivity index (χ2v) is 5.27. The van der Waals surface area contributed by atoms with Crippen LogP contribution in [0.25, 0.3) is 0 Å². The van der Waals surface area contributed by atoms with Crippen molar-refractivity contribution in [2.75, 3.05) is 0 Å². The Labute approximate surface area is 119 Å². The fraction of sp³-hybridized carbons (Fsp3) is 0.200. The smallest absolute Gasteiger partial charge is 0.130 e. The molecule has 4 heteroatoms. The van der Waals surface area contributed by atoms with Crippen LogP contribution < -0.4 is 5.32 Å². The van der Waals surface area contributed by atoms with Gasteiger partial charge in [0.05, 0.1) is 0 Å². The van der Waals surface area contributed by atoms with Crippen LogP contribution in [0.4, 0.5) is 8.78 Å². The first-order chi connectivity index (χ1) is 9.08. The molecule has 0 aliphatic heterocycles. The molecule has 2 aromatic carbocycles. The molecule has 0 aliphatic rings. The molecule has 1 N–H and O–H groups in total. The van der Waals surface area contributed by atoms with Crippen LogP contribution in [0.2, 0.25) is 0 Å². The van der Waals surface area contributed by atoms with Gasteiger partial charge >= 0.3 is 0 Å². The molecule has 2 aromatic rings. The van der Waals surface area contributed by atoms with Crippen molar-refractivity contribution >= 4 is 15.9 Å². The Bertz CT molecular complexity index is 534. The van der Waals surface area contributed by atoms with Gasteiger partial charge in [-0.3, -0.25) is 0 Å². The van der Waals surface area contributed by atoms with Gasteiger partial charge in [0.1, 0.15) is 11.6 Å². The van der Waals surface area contributed by atoms with Crippen LogP contribution in [0.1, 0.15) is 24.1 Å². The number of halogens is 3. The molecule has 0 aliphatic carbocycles. The summed E-state index contributed by atoms with van der Waals surface area (Å²) in [6.07, 6.45) is 0. The third-order valence-corrected chi connectivity index (χ3v) is 3.55. The highest BCUT2D eigenvalue weighted by Crippen LogP contribution is 2.18. The van der Waals surface area contributed by atoms with Crippen LogP contribution in [0.3, 0.4) is 0 Å². The molecule has 1 nitrogen and oxygen atoms in total. The molecule has 1 unspecified atom stereocenters. The maximum Gasteiger partial charge on any atom is 0.130 e. The summed E-state index contributed by atoms with van der Waals surface area (Å²) in [4.78, 5) is 0. The summed E-state index contributed by atoms with van der Waals surface area (Å²) >= 11 is 3.37. The molecule has 0 heterocycles. The van der Waals surface area contributed by atoms with Crippen LogP contribution in [-0.2, 0) is 6.54 Å². The third kappa shape index (κ3) is 3.61. The lowest BCUT2D eigenvalue weighted by atomic mass is 10.1. The fourth-order valence-electron chi connectivity index (χ4n) is 1.83. The number of hydrogen-bond donors (Lipinski definition) is 1. The summed E-state index contributed by atoms with van der Waals surface area (Å²) < 4.78 is 27.9. The minimum Gasteiger partial charge on any atom is -0.306 e. The van der Waals surface area contributed by atoms with Crippen LogP contribution in [0.5, 0.6) is 0 Å². The van der Waals surface area contributed by atoms with Gasteiger partial charge in [-0.1, -0.05) is 34.1 Å². The Balaban J connectivity index is 2.04. The van der Waals surface area contributed by atoms with E-state index in [0.717, 1.165) is 10.0 Å². The van der Waals surface area contributed by atoms with Crippen molar-refractivity contribution in [1.82, 2.24) is 5.32 Å². The summed E-state index contributed by atoms with van der Waals surface area (Å²) in [6, 6.07) is 11.8. The van der Waals surface area contributed by atoms with Crippen LogP contribution in [0, 0.1) is 11.6 Å². The van der Waals surface area contributed by atoms with Gasteiger partial charge in [-0.2, -0.15) is 0 Å². The summed E-state index contributed by atoms with van der Waals surface area (Å²) in [5.74, 6) is -1.04. The predicted molar refractivity (Wildman–Crippen MR) is 75.8 cm³/mol. The van der Waals surface area contributed by atoms with E-state index in [9.17, 15) is 8.78 Å². The zero-order valence-corrected chi connectivity index (χ0v) is 12.0. The highest BCUT2D eigenvalue weighted by Gasteiger charge is 2.10. The second kappa shape index (κ2) is 6.26. The summed E-state index contributed by atoms with van der Waals surface area (Å²) in [5, 5.41) is 3.12. The van der Waals surface area contributed by atoms with Crippen molar-refractivity contribution in [2.24, 2.45) is 0 Å². The van der Waals surface area contributed by atoms with Crippen molar-refractivity contribution in [3.05, 3.63) is 69.7 Å². The summed E-state index contributed by atoms with van der Waals surface area (Å²) in [5.41, 5.74) is 1.14. The van der Waals surface area contributed by atoms with Crippen LogP contribution in [0.15, 0.2) is 46.9 Å². The molecule has 0 radical (unpaired) electrons. The summed E-state index contributed by atoms with van der Waals surface area (Å²) in [7, 11) is 0. The van der Waals surface area contributed by atoms with E-state index in [1.807, 2.05) is 31.2 Å². The Kier molecular flexibility index (Phi) is 4.66. The molecule has 100 valence electrons. The number of benzene rings is 2. The molecule has 1 atom stereocenters.